The van der Waals surface area contributed by atoms with E-state index in [-0.39, 0.29) is 20.1 Å². The molecule has 3 atom stereocenters. The number of rotatable bonds is 6. The molecular formula is C34H49NO2P2. The van der Waals surface area contributed by atoms with E-state index in [1.54, 1.807) is 0 Å². The summed E-state index contributed by atoms with van der Waals surface area (Å²) in [4.78, 5) is 16.2. The molecule has 0 aromatic heterocycles. The lowest BCUT2D eigenvalue weighted by molar-refractivity contribution is 0.0204. The number of hydrogen-bond acceptors (Lipinski definition) is 2. The summed E-state index contributed by atoms with van der Waals surface area (Å²) in [5.41, 5.74) is 4.30. The number of ether oxygens (including phenoxy) is 1. The van der Waals surface area contributed by atoms with Crippen molar-refractivity contribution in [3.8, 4) is 0 Å². The molecule has 0 radical (unpaired) electrons. The van der Waals surface area contributed by atoms with Gasteiger partial charge < -0.3 is 9.64 Å². The van der Waals surface area contributed by atoms with Crippen molar-refractivity contribution in [2.45, 2.75) is 125 Å². The Hall–Kier alpha value is -1.43. The number of amides is 1. The molecule has 2 aliphatic carbocycles. The van der Waals surface area contributed by atoms with Gasteiger partial charge in [0.2, 0.25) is 0 Å². The van der Waals surface area contributed by atoms with Crippen molar-refractivity contribution in [2.24, 2.45) is 0 Å². The minimum atomic E-state index is -0.514. The van der Waals surface area contributed by atoms with Crippen LogP contribution in [0.1, 0.15) is 103 Å². The van der Waals surface area contributed by atoms with Crippen molar-refractivity contribution in [2.75, 3.05) is 6.54 Å². The molecule has 1 unspecified atom stereocenters. The van der Waals surface area contributed by atoms with Crippen LogP contribution in [0.3, 0.4) is 0 Å². The molecule has 3 fully saturated rings. The highest BCUT2D eigenvalue weighted by Gasteiger charge is 2.52. The second-order valence-electron chi connectivity index (χ2n) is 13.2. The van der Waals surface area contributed by atoms with E-state index in [1.807, 2.05) is 20.8 Å². The highest BCUT2D eigenvalue weighted by molar-refractivity contribution is 7.60. The molecule has 2 aromatic carbocycles. The molecule has 2 aromatic rings. The predicted molar refractivity (Wildman–Crippen MR) is 169 cm³/mol. The van der Waals surface area contributed by atoms with Gasteiger partial charge in [-0.3, -0.25) is 0 Å². The Bertz CT molecular complexity index is 1000. The number of nitrogens with zero attached hydrogens (tertiary/aromatic N) is 1. The van der Waals surface area contributed by atoms with Crippen LogP contribution in [0.2, 0.25) is 0 Å². The van der Waals surface area contributed by atoms with Crippen molar-refractivity contribution in [3.63, 3.8) is 0 Å². The largest absolute Gasteiger partial charge is 0.444 e. The zero-order valence-corrected chi connectivity index (χ0v) is 26.4. The van der Waals surface area contributed by atoms with Crippen LogP contribution >= 0.6 is 17.2 Å². The predicted octanol–water partition coefficient (Wildman–Crippen LogP) is 9.33. The van der Waals surface area contributed by atoms with E-state index in [9.17, 15) is 4.79 Å². The molecular weight excluding hydrogens is 516 g/mol. The van der Waals surface area contributed by atoms with E-state index in [0.717, 1.165) is 24.3 Å². The summed E-state index contributed by atoms with van der Waals surface area (Å²) in [7, 11) is 3.10. The quantitative estimate of drug-likeness (QED) is 0.327. The summed E-state index contributed by atoms with van der Waals surface area (Å²) in [6.45, 7) is 6.82. The summed E-state index contributed by atoms with van der Waals surface area (Å²) in [6, 6.07) is 21.7. The number of carbonyl (C=O) groups excluding carboxylic acids is 1. The van der Waals surface area contributed by atoms with Gasteiger partial charge in [-0.25, -0.2) is 4.79 Å². The van der Waals surface area contributed by atoms with Crippen LogP contribution < -0.4 is 0 Å². The van der Waals surface area contributed by atoms with Crippen LogP contribution in [0.25, 0.3) is 0 Å². The van der Waals surface area contributed by atoms with Crippen LogP contribution in [0, 0.1) is 0 Å². The van der Waals surface area contributed by atoms with Gasteiger partial charge in [0.1, 0.15) is 5.60 Å². The van der Waals surface area contributed by atoms with Crippen LogP contribution in [0.4, 0.5) is 4.79 Å². The average molecular weight is 566 g/mol. The first kappa shape index (κ1) is 29.1. The van der Waals surface area contributed by atoms with E-state index in [4.69, 9.17) is 4.74 Å². The lowest BCUT2D eigenvalue weighted by Gasteiger charge is -2.42. The average Bonchev–Trinajstić information content (AvgIpc) is 3.40. The fourth-order valence-electron chi connectivity index (χ4n) is 7.62. The fourth-order valence-corrected chi connectivity index (χ4v) is 12.8. The maximum Gasteiger partial charge on any atom is 0.410 e. The van der Waals surface area contributed by atoms with E-state index >= 15 is 0 Å². The molecule has 2 saturated carbocycles. The fraction of sp³-hybridized carbons (Fsp3) is 0.618. The van der Waals surface area contributed by atoms with E-state index in [2.05, 4.69) is 74.8 Å². The first-order valence-corrected chi connectivity index (χ1v) is 17.6. The molecule has 3 aliphatic rings. The topological polar surface area (TPSA) is 29.5 Å². The molecule has 1 heterocycles. The normalized spacial score (nSPS) is 23.8. The SMILES string of the molecule is CC(C)(C)OC(=O)N1C[C@@H](P(C2CCCCC2)C2CCCCC2)C[C@H]1C(P)(c1ccccc1)c1ccccc1. The second-order valence-corrected chi connectivity index (χ2v) is 17.2. The van der Waals surface area contributed by atoms with E-state index in [0.29, 0.717) is 5.66 Å². The van der Waals surface area contributed by atoms with Crippen molar-refractivity contribution >= 4 is 23.3 Å². The summed E-state index contributed by atoms with van der Waals surface area (Å²) in [5, 5.41) is -0.395. The third-order valence-electron chi connectivity index (χ3n) is 9.35. The van der Waals surface area contributed by atoms with Gasteiger partial charge in [-0.2, -0.15) is 0 Å². The molecule has 0 N–H and O–H groups in total. The smallest absolute Gasteiger partial charge is 0.410 e. The highest BCUT2D eigenvalue weighted by atomic mass is 31.1. The van der Waals surface area contributed by atoms with Gasteiger partial charge in [-0.1, -0.05) is 107 Å². The Labute approximate surface area is 240 Å². The first-order chi connectivity index (χ1) is 18.8. The molecule has 0 spiro atoms. The Kier molecular flexibility index (Phi) is 9.40. The molecule has 3 nitrogen and oxygen atoms in total. The number of hydrogen-bond donors (Lipinski definition) is 0. The Morgan fingerprint density at radius 2 is 1.23 bits per heavy atom. The monoisotopic (exact) mass is 565 g/mol. The molecule has 1 saturated heterocycles. The van der Waals surface area contributed by atoms with Crippen LogP contribution in [0.5, 0.6) is 0 Å². The van der Waals surface area contributed by atoms with Crippen LogP contribution in [-0.4, -0.2) is 46.2 Å². The summed E-state index contributed by atoms with van der Waals surface area (Å²) in [5.74, 6) is 0. The van der Waals surface area contributed by atoms with Crippen molar-refractivity contribution in [1.82, 2.24) is 4.90 Å². The zero-order valence-electron chi connectivity index (χ0n) is 24.4. The van der Waals surface area contributed by atoms with Gasteiger partial charge in [-0.15, -0.1) is 9.24 Å². The molecule has 1 aliphatic heterocycles. The molecule has 39 heavy (non-hydrogen) atoms. The summed E-state index contributed by atoms with van der Waals surface area (Å²) in [6.07, 6.45) is 14.9. The van der Waals surface area contributed by atoms with Crippen molar-refractivity contribution in [3.05, 3.63) is 71.8 Å². The van der Waals surface area contributed by atoms with E-state index in [1.165, 1.54) is 75.3 Å². The maximum atomic E-state index is 14.0. The molecule has 0 bridgehead atoms. The van der Waals surface area contributed by atoms with Crippen LogP contribution in [-0.2, 0) is 9.89 Å². The molecule has 212 valence electrons. The molecule has 1 amide bonds. The van der Waals surface area contributed by atoms with Gasteiger partial charge in [0.25, 0.3) is 0 Å². The molecule has 5 heteroatoms. The van der Waals surface area contributed by atoms with Gasteiger partial charge in [-0.05, 0) is 81.0 Å². The minimum absolute atomic E-state index is 0.0318. The van der Waals surface area contributed by atoms with Crippen molar-refractivity contribution < 1.29 is 9.53 Å². The lowest BCUT2D eigenvalue weighted by atomic mass is 9.82. The van der Waals surface area contributed by atoms with Gasteiger partial charge >= 0.3 is 6.09 Å². The Balaban J connectivity index is 1.57. The summed E-state index contributed by atoms with van der Waals surface area (Å²) >= 11 is 0. The minimum Gasteiger partial charge on any atom is -0.444 e. The van der Waals surface area contributed by atoms with Crippen molar-refractivity contribution in [1.29, 1.82) is 0 Å². The third-order valence-corrected chi connectivity index (χ3v) is 14.3. The molecule has 5 rings (SSSR count). The highest BCUT2D eigenvalue weighted by Crippen LogP contribution is 2.63. The van der Waals surface area contributed by atoms with Gasteiger partial charge in [0.05, 0.1) is 11.2 Å². The lowest BCUT2D eigenvalue weighted by Crippen LogP contribution is -2.48. The van der Waals surface area contributed by atoms with Gasteiger partial charge in [0, 0.05) is 6.54 Å². The first-order valence-electron chi connectivity index (χ1n) is 15.4. The zero-order chi connectivity index (χ0) is 27.5. The maximum absolute atomic E-state index is 14.0. The Morgan fingerprint density at radius 3 is 1.67 bits per heavy atom. The van der Waals surface area contributed by atoms with Crippen LogP contribution in [0.15, 0.2) is 60.7 Å². The second kappa shape index (κ2) is 12.6. The van der Waals surface area contributed by atoms with Gasteiger partial charge in [0.15, 0.2) is 0 Å². The number of likely N-dealkylation sites (tertiary alicyclic amines) is 1. The third kappa shape index (κ3) is 6.57. The Morgan fingerprint density at radius 1 is 0.769 bits per heavy atom. The summed E-state index contributed by atoms with van der Waals surface area (Å²) < 4.78 is 6.12. The number of carbonyl (C=O) groups is 1. The number of benzene rings is 2. The standard InChI is InChI=1S/C34H49NO2P2/c1-33(2,3)37-32(36)35-25-30(39(28-20-12-6-13-21-28)29-22-14-7-15-23-29)24-31(35)34(38,26-16-8-4-9-17-26)27-18-10-5-11-19-27/h4-5,8-11,16-19,28-31H,6-7,12-15,20-25,38H2,1-3H3/t30-,31-/m0/s1. The van der Waals surface area contributed by atoms with E-state index < -0.39 is 10.8 Å².